The molecule has 2 amide bonds. The molecule has 2 heterocycles. The van der Waals surface area contributed by atoms with Crippen LogP contribution in [0.15, 0.2) is 18.2 Å². The number of hydrogen-bond donors (Lipinski definition) is 0. The second-order valence-corrected chi connectivity index (χ2v) is 10.1. The fourth-order valence-electron chi connectivity index (χ4n) is 3.31. The summed E-state index contributed by atoms with van der Waals surface area (Å²) in [6.45, 7) is 13.8. The number of ether oxygens (including phenoxy) is 1. The third-order valence-electron chi connectivity index (χ3n) is 4.69. The van der Waals surface area contributed by atoms with Crippen LogP contribution in [0.25, 0.3) is 6.08 Å². The zero-order valence-electron chi connectivity index (χ0n) is 18.0. The zero-order valence-corrected chi connectivity index (χ0v) is 18.8. The maximum atomic E-state index is 12.6. The van der Waals surface area contributed by atoms with Gasteiger partial charge in [0, 0.05) is 41.5 Å². The zero-order chi connectivity index (χ0) is 20.9. The van der Waals surface area contributed by atoms with Crippen molar-refractivity contribution >= 4 is 29.4 Å². The molecule has 5 nitrogen and oxygen atoms in total. The topological polar surface area (TPSA) is 49.9 Å². The molecule has 1 aliphatic heterocycles. The van der Waals surface area contributed by atoms with Gasteiger partial charge in [-0.15, -0.1) is 11.3 Å². The highest BCUT2D eigenvalue weighted by molar-refractivity contribution is 7.12. The quantitative estimate of drug-likeness (QED) is 0.650. The van der Waals surface area contributed by atoms with Gasteiger partial charge in [-0.25, -0.2) is 4.79 Å². The Morgan fingerprint density at radius 3 is 2.64 bits per heavy atom. The number of hydrogen-bond acceptors (Lipinski definition) is 4. The number of piperidine rings is 1. The first-order chi connectivity index (χ1) is 13.0. The summed E-state index contributed by atoms with van der Waals surface area (Å²) in [5, 5.41) is 0. The van der Waals surface area contributed by atoms with Gasteiger partial charge in [0.05, 0.1) is 0 Å². The number of carbonyl (C=O) groups is 2. The minimum Gasteiger partial charge on any atom is -0.444 e. The molecular formula is C22H34N2O3S. The van der Waals surface area contributed by atoms with Crippen LogP contribution in [0, 0.1) is 12.8 Å². The van der Waals surface area contributed by atoms with E-state index in [0.29, 0.717) is 13.1 Å². The van der Waals surface area contributed by atoms with Gasteiger partial charge in [0.15, 0.2) is 0 Å². The van der Waals surface area contributed by atoms with Crippen molar-refractivity contribution in [2.24, 2.45) is 5.92 Å². The summed E-state index contributed by atoms with van der Waals surface area (Å²) in [7, 11) is 0. The van der Waals surface area contributed by atoms with Crippen molar-refractivity contribution in [1.29, 1.82) is 0 Å². The lowest BCUT2D eigenvalue weighted by atomic mass is 9.97. The molecule has 0 aromatic carbocycles. The van der Waals surface area contributed by atoms with Gasteiger partial charge in [-0.1, -0.05) is 0 Å². The van der Waals surface area contributed by atoms with Crippen LogP contribution in [0.2, 0.25) is 0 Å². The molecule has 28 heavy (non-hydrogen) atoms. The standard InChI is InChI=1S/C22H34N2O3S/c1-16(2)24(21(26)27-22(4,5)6)15-18-8-7-13-23(14-18)20(25)12-11-19-10-9-17(3)28-19/h9-12,16,18H,7-8,13-15H2,1-6H3/b12-11+. The predicted molar refractivity (Wildman–Crippen MR) is 115 cm³/mol. The average molecular weight is 407 g/mol. The molecule has 0 aliphatic carbocycles. The molecule has 0 radical (unpaired) electrons. The molecule has 156 valence electrons. The maximum absolute atomic E-state index is 12.6. The number of carbonyl (C=O) groups excluding carboxylic acids is 2. The van der Waals surface area contributed by atoms with Gasteiger partial charge in [-0.05, 0) is 78.5 Å². The van der Waals surface area contributed by atoms with Crippen molar-refractivity contribution in [2.75, 3.05) is 19.6 Å². The summed E-state index contributed by atoms with van der Waals surface area (Å²) in [5.41, 5.74) is -0.510. The van der Waals surface area contributed by atoms with E-state index < -0.39 is 5.60 Å². The fourth-order valence-corrected chi connectivity index (χ4v) is 4.09. The molecule has 1 saturated heterocycles. The first-order valence-corrected chi connectivity index (χ1v) is 10.9. The molecule has 6 heteroatoms. The first-order valence-electron chi connectivity index (χ1n) is 10.1. The van der Waals surface area contributed by atoms with Gasteiger partial charge in [-0.2, -0.15) is 0 Å². The van der Waals surface area contributed by atoms with Gasteiger partial charge < -0.3 is 14.5 Å². The molecule has 0 bridgehead atoms. The number of thiophene rings is 1. The second kappa shape index (κ2) is 9.59. The predicted octanol–water partition coefficient (Wildman–Crippen LogP) is 4.95. The molecule has 2 rings (SSSR count). The third-order valence-corrected chi connectivity index (χ3v) is 5.65. The Kier molecular flexibility index (Phi) is 7.70. The molecule has 0 spiro atoms. The van der Waals surface area contributed by atoms with Crippen LogP contribution < -0.4 is 0 Å². The minimum absolute atomic E-state index is 0.0455. The molecular weight excluding hydrogens is 372 g/mol. The number of nitrogens with zero attached hydrogens (tertiary/aromatic N) is 2. The van der Waals surface area contributed by atoms with Gasteiger partial charge in [-0.3, -0.25) is 4.79 Å². The van der Waals surface area contributed by atoms with Gasteiger partial charge in [0.1, 0.15) is 5.60 Å². The van der Waals surface area contributed by atoms with Crippen molar-refractivity contribution < 1.29 is 14.3 Å². The Morgan fingerprint density at radius 1 is 1.36 bits per heavy atom. The highest BCUT2D eigenvalue weighted by Crippen LogP contribution is 2.22. The van der Waals surface area contributed by atoms with Crippen LogP contribution in [-0.2, 0) is 9.53 Å². The number of amides is 2. The molecule has 1 aliphatic rings. The summed E-state index contributed by atoms with van der Waals surface area (Å²) in [5.74, 6) is 0.314. The summed E-state index contributed by atoms with van der Waals surface area (Å²) < 4.78 is 5.56. The van der Waals surface area contributed by atoms with E-state index in [2.05, 4.69) is 13.0 Å². The SMILES string of the molecule is Cc1ccc(/C=C/C(=O)N2CCCC(CN(C(=O)OC(C)(C)C)C(C)C)C2)s1. The van der Waals surface area contributed by atoms with Crippen LogP contribution in [0.3, 0.4) is 0 Å². The van der Waals surface area contributed by atoms with Crippen molar-refractivity contribution in [1.82, 2.24) is 9.80 Å². The Hall–Kier alpha value is -1.82. The van der Waals surface area contributed by atoms with Crippen molar-refractivity contribution in [3.05, 3.63) is 28.0 Å². The Morgan fingerprint density at radius 2 is 2.07 bits per heavy atom. The van der Waals surface area contributed by atoms with E-state index >= 15 is 0 Å². The smallest absolute Gasteiger partial charge is 0.410 e. The van der Waals surface area contributed by atoms with Gasteiger partial charge >= 0.3 is 6.09 Å². The third kappa shape index (κ3) is 6.97. The molecule has 0 saturated carbocycles. The highest BCUT2D eigenvalue weighted by Gasteiger charge is 2.29. The Labute approximate surface area is 173 Å². The summed E-state index contributed by atoms with van der Waals surface area (Å²) in [4.78, 5) is 31.2. The monoisotopic (exact) mass is 406 g/mol. The van der Waals surface area contributed by atoms with Gasteiger partial charge in [0.25, 0.3) is 0 Å². The second-order valence-electron chi connectivity index (χ2n) is 8.80. The molecule has 0 N–H and O–H groups in total. The van der Waals surface area contributed by atoms with E-state index in [4.69, 9.17) is 4.74 Å². The number of likely N-dealkylation sites (tertiary alicyclic amines) is 1. The first kappa shape index (κ1) is 22.5. The molecule has 1 atom stereocenters. The van der Waals surface area contributed by atoms with Crippen LogP contribution in [0.5, 0.6) is 0 Å². The molecule has 1 fully saturated rings. The van der Waals surface area contributed by atoms with Crippen molar-refractivity contribution in [3.8, 4) is 0 Å². The van der Waals surface area contributed by atoms with Gasteiger partial charge in [0.2, 0.25) is 5.91 Å². The Balaban J connectivity index is 1.96. The van der Waals surface area contributed by atoms with E-state index in [9.17, 15) is 9.59 Å². The highest BCUT2D eigenvalue weighted by atomic mass is 32.1. The van der Waals surface area contributed by atoms with E-state index in [1.54, 1.807) is 22.3 Å². The fraction of sp³-hybridized carbons (Fsp3) is 0.636. The van der Waals surface area contributed by atoms with Crippen LogP contribution in [0.4, 0.5) is 4.79 Å². The average Bonchev–Trinajstić information content (AvgIpc) is 3.01. The van der Waals surface area contributed by atoms with Crippen LogP contribution in [-0.4, -0.2) is 53.1 Å². The summed E-state index contributed by atoms with van der Waals surface area (Å²) >= 11 is 1.68. The normalized spacial score (nSPS) is 18.0. The molecule has 1 aromatic heterocycles. The minimum atomic E-state index is -0.510. The number of rotatable bonds is 5. The van der Waals surface area contributed by atoms with Crippen LogP contribution >= 0.6 is 11.3 Å². The Bertz CT molecular complexity index is 703. The lowest BCUT2D eigenvalue weighted by Gasteiger charge is -2.37. The van der Waals surface area contributed by atoms with E-state index in [1.807, 2.05) is 51.7 Å². The maximum Gasteiger partial charge on any atom is 0.410 e. The largest absolute Gasteiger partial charge is 0.444 e. The number of aryl methyl sites for hydroxylation is 1. The summed E-state index contributed by atoms with van der Waals surface area (Å²) in [6, 6.07) is 4.15. The molecule has 1 aromatic rings. The lowest BCUT2D eigenvalue weighted by molar-refractivity contribution is -0.127. The van der Waals surface area contributed by atoms with E-state index in [1.165, 1.54) is 4.88 Å². The van der Waals surface area contributed by atoms with Crippen molar-refractivity contribution in [2.45, 2.75) is 66.0 Å². The van der Waals surface area contributed by atoms with E-state index in [-0.39, 0.29) is 24.0 Å². The van der Waals surface area contributed by atoms with Crippen molar-refractivity contribution in [3.63, 3.8) is 0 Å². The lowest BCUT2D eigenvalue weighted by Crippen LogP contribution is -2.47. The molecule has 1 unspecified atom stereocenters. The van der Waals surface area contributed by atoms with E-state index in [0.717, 1.165) is 24.3 Å². The van der Waals surface area contributed by atoms with Crippen LogP contribution in [0.1, 0.15) is 57.2 Å². The summed E-state index contributed by atoms with van der Waals surface area (Å²) in [6.07, 6.45) is 5.26.